The summed E-state index contributed by atoms with van der Waals surface area (Å²) in [4.78, 5) is 0. The number of aromatic nitrogens is 2. The van der Waals surface area contributed by atoms with Crippen molar-refractivity contribution in [3.63, 3.8) is 0 Å². The summed E-state index contributed by atoms with van der Waals surface area (Å²) < 4.78 is 10.4. The third kappa shape index (κ3) is 3.19. The molecule has 1 aromatic heterocycles. The molecule has 0 radical (unpaired) electrons. The van der Waals surface area contributed by atoms with Gasteiger partial charge in [-0.1, -0.05) is 17.7 Å². The largest absolute Gasteiger partial charge is 0.494 e. The molecule has 25 heavy (non-hydrogen) atoms. The molecule has 0 fully saturated rings. The summed E-state index contributed by atoms with van der Waals surface area (Å²) in [6.45, 7) is 5.91. The van der Waals surface area contributed by atoms with E-state index in [0.717, 1.165) is 12.3 Å². The van der Waals surface area contributed by atoms with Crippen LogP contribution in [0.1, 0.15) is 18.9 Å². The predicted molar refractivity (Wildman–Crippen MR) is 103 cm³/mol. The van der Waals surface area contributed by atoms with Crippen molar-refractivity contribution in [3.8, 4) is 22.7 Å². The molecular formula is C21H23N2OS+. The molecule has 0 saturated carbocycles. The average Bonchev–Trinajstić information content (AvgIpc) is 3.03. The molecule has 2 heterocycles. The van der Waals surface area contributed by atoms with Gasteiger partial charge in [-0.2, -0.15) is 4.57 Å². The maximum Gasteiger partial charge on any atom is 0.323 e. The molecule has 0 N–H and O–H groups in total. The Labute approximate surface area is 153 Å². The highest BCUT2D eigenvalue weighted by Crippen LogP contribution is 2.29. The van der Waals surface area contributed by atoms with E-state index in [1.165, 1.54) is 39.8 Å². The Morgan fingerprint density at radius 3 is 2.56 bits per heavy atom. The normalized spacial score (nSPS) is 13.5. The van der Waals surface area contributed by atoms with Crippen molar-refractivity contribution in [3.05, 3.63) is 60.3 Å². The quantitative estimate of drug-likeness (QED) is 0.638. The lowest BCUT2D eigenvalue weighted by atomic mass is 10.1. The zero-order chi connectivity index (χ0) is 17.2. The first-order valence-electron chi connectivity index (χ1n) is 8.84. The summed E-state index contributed by atoms with van der Waals surface area (Å²) in [5.41, 5.74) is 5.02. The number of hydrogen-bond donors (Lipinski definition) is 0. The molecule has 2 aromatic carbocycles. The first-order chi connectivity index (χ1) is 12.3. The molecule has 3 nitrogen and oxygen atoms in total. The van der Waals surface area contributed by atoms with E-state index in [1.807, 2.05) is 18.7 Å². The Morgan fingerprint density at radius 1 is 1.08 bits per heavy atom. The molecule has 0 atom stereocenters. The highest BCUT2D eigenvalue weighted by molar-refractivity contribution is 7.99. The smallest absolute Gasteiger partial charge is 0.323 e. The highest BCUT2D eigenvalue weighted by Gasteiger charge is 2.28. The van der Waals surface area contributed by atoms with Crippen molar-refractivity contribution >= 4 is 11.8 Å². The van der Waals surface area contributed by atoms with Crippen molar-refractivity contribution in [2.75, 3.05) is 12.4 Å². The van der Waals surface area contributed by atoms with E-state index < -0.39 is 0 Å². The Kier molecular flexibility index (Phi) is 4.53. The molecule has 0 saturated heterocycles. The molecule has 4 heteroatoms. The minimum absolute atomic E-state index is 0.698. The Morgan fingerprint density at radius 2 is 1.84 bits per heavy atom. The topological polar surface area (TPSA) is 18.0 Å². The standard InChI is InChI=1S/C21H23N2OS/c1-3-24-19-11-7-17(8-12-19)20-15-23(18-9-5-16(2)6-10-18)21-22(20)13-4-14-25-21/h5-12,15H,3-4,13-14H2,1-2H3/q+1. The van der Waals surface area contributed by atoms with Gasteiger partial charge in [0.25, 0.3) is 0 Å². The number of ether oxygens (including phenoxy) is 1. The third-order valence-electron chi connectivity index (χ3n) is 4.51. The number of benzene rings is 2. The van der Waals surface area contributed by atoms with Gasteiger partial charge in [-0.25, -0.2) is 4.57 Å². The number of thioether (sulfide) groups is 1. The Hall–Kier alpha value is -2.20. The van der Waals surface area contributed by atoms with Crippen LogP contribution in [0.3, 0.4) is 0 Å². The van der Waals surface area contributed by atoms with Crippen molar-refractivity contribution in [2.24, 2.45) is 0 Å². The molecular weight excluding hydrogens is 328 g/mol. The van der Waals surface area contributed by atoms with Gasteiger partial charge >= 0.3 is 5.16 Å². The van der Waals surface area contributed by atoms with Gasteiger partial charge in [0.1, 0.15) is 17.6 Å². The van der Waals surface area contributed by atoms with Gasteiger partial charge in [-0.3, -0.25) is 0 Å². The number of imidazole rings is 1. The summed E-state index contributed by atoms with van der Waals surface area (Å²) in [5.74, 6) is 2.11. The number of hydrogen-bond acceptors (Lipinski definition) is 2. The van der Waals surface area contributed by atoms with Crippen LogP contribution in [-0.2, 0) is 6.54 Å². The number of fused-ring (bicyclic) bond motifs is 1. The Balaban J connectivity index is 1.79. The fourth-order valence-electron chi connectivity index (χ4n) is 3.24. The average molecular weight is 351 g/mol. The summed E-state index contributed by atoms with van der Waals surface area (Å²) in [6.07, 6.45) is 3.48. The summed E-state index contributed by atoms with van der Waals surface area (Å²) in [5, 5.41) is 1.32. The van der Waals surface area contributed by atoms with Gasteiger partial charge in [0.2, 0.25) is 0 Å². The van der Waals surface area contributed by atoms with Crippen LogP contribution >= 0.6 is 11.8 Å². The predicted octanol–water partition coefficient (Wildman–Crippen LogP) is 4.63. The lowest BCUT2D eigenvalue weighted by Gasteiger charge is -2.11. The summed E-state index contributed by atoms with van der Waals surface area (Å²) in [6, 6.07) is 17.2. The second-order valence-corrected chi connectivity index (χ2v) is 7.38. The van der Waals surface area contributed by atoms with Crippen molar-refractivity contribution < 1.29 is 9.30 Å². The molecule has 4 rings (SSSR count). The second kappa shape index (κ2) is 6.96. The third-order valence-corrected chi connectivity index (χ3v) is 5.68. The van der Waals surface area contributed by atoms with Crippen LogP contribution in [0, 0.1) is 6.92 Å². The molecule has 0 spiro atoms. The van der Waals surface area contributed by atoms with E-state index in [2.05, 4.69) is 70.8 Å². The summed E-state index contributed by atoms with van der Waals surface area (Å²) >= 11 is 1.94. The van der Waals surface area contributed by atoms with Crippen LogP contribution in [0.2, 0.25) is 0 Å². The molecule has 1 aliphatic rings. The van der Waals surface area contributed by atoms with Crippen molar-refractivity contribution in [1.82, 2.24) is 4.57 Å². The van der Waals surface area contributed by atoms with Gasteiger partial charge in [-0.15, -0.1) is 0 Å². The minimum atomic E-state index is 0.698. The van der Waals surface area contributed by atoms with Gasteiger partial charge in [0, 0.05) is 11.3 Å². The fraction of sp³-hybridized carbons (Fsp3) is 0.286. The zero-order valence-electron chi connectivity index (χ0n) is 14.7. The fourth-order valence-corrected chi connectivity index (χ4v) is 4.34. The Bertz CT molecular complexity index is 866. The molecule has 0 amide bonds. The van der Waals surface area contributed by atoms with E-state index in [9.17, 15) is 0 Å². The molecule has 3 aromatic rings. The van der Waals surface area contributed by atoms with Crippen LogP contribution in [0.5, 0.6) is 5.75 Å². The SMILES string of the molecule is CCOc1ccc(-c2cn(-c3ccc(C)cc3)c3[n+]2CCCS3)cc1. The zero-order valence-corrected chi connectivity index (χ0v) is 15.6. The maximum atomic E-state index is 5.58. The van der Waals surface area contributed by atoms with Crippen LogP contribution in [0.15, 0.2) is 59.9 Å². The second-order valence-electron chi connectivity index (χ2n) is 6.31. The first kappa shape index (κ1) is 16.3. The van der Waals surface area contributed by atoms with Gasteiger partial charge < -0.3 is 4.74 Å². The number of rotatable bonds is 4. The van der Waals surface area contributed by atoms with Crippen LogP contribution in [-0.4, -0.2) is 16.9 Å². The molecule has 128 valence electrons. The van der Waals surface area contributed by atoms with E-state index in [0.29, 0.717) is 6.61 Å². The molecule has 1 aliphatic heterocycles. The van der Waals surface area contributed by atoms with Crippen LogP contribution < -0.4 is 9.30 Å². The van der Waals surface area contributed by atoms with E-state index in [4.69, 9.17) is 4.74 Å². The van der Waals surface area contributed by atoms with Gasteiger partial charge in [0.15, 0.2) is 5.69 Å². The molecule has 0 unspecified atom stereocenters. The van der Waals surface area contributed by atoms with Crippen LogP contribution in [0.25, 0.3) is 16.9 Å². The van der Waals surface area contributed by atoms with Crippen LogP contribution in [0.4, 0.5) is 0 Å². The van der Waals surface area contributed by atoms with Crippen molar-refractivity contribution in [2.45, 2.75) is 32.0 Å². The monoisotopic (exact) mass is 351 g/mol. The first-order valence-corrected chi connectivity index (χ1v) is 9.83. The summed E-state index contributed by atoms with van der Waals surface area (Å²) in [7, 11) is 0. The maximum absolute atomic E-state index is 5.58. The van der Waals surface area contributed by atoms with E-state index in [-0.39, 0.29) is 0 Å². The minimum Gasteiger partial charge on any atom is -0.494 e. The van der Waals surface area contributed by atoms with Gasteiger partial charge in [-0.05, 0) is 68.4 Å². The number of aryl methyl sites for hydroxylation is 1. The molecule has 0 bridgehead atoms. The molecule has 0 aliphatic carbocycles. The highest BCUT2D eigenvalue weighted by atomic mass is 32.2. The van der Waals surface area contributed by atoms with Gasteiger partial charge in [0.05, 0.1) is 13.2 Å². The lowest BCUT2D eigenvalue weighted by molar-refractivity contribution is -0.724. The number of nitrogens with zero attached hydrogens (tertiary/aromatic N) is 2. The van der Waals surface area contributed by atoms with E-state index >= 15 is 0 Å². The lowest BCUT2D eigenvalue weighted by Crippen LogP contribution is -2.40. The van der Waals surface area contributed by atoms with Crippen molar-refractivity contribution in [1.29, 1.82) is 0 Å². The van der Waals surface area contributed by atoms with E-state index in [1.54, 1.807) is 0 Å².